The van der Waals surface area contributed by atoms with Crippen LogP contribution in [0.25, 0.3) is 0 Å². The SMILES string of the molecule is CCCC(C)NC(=O)CN1CCCC(NCC)C1. The van der Waals surface area contributed by atoms with E-state index in [1.807, 2.05) is 0 Å². The molecule has 1 fully saturated rings. The molecule has 18 heavy (non-hydrogen) atoms. The van der Waals surface area contributed by atoms with Gasteiger partial charge < -0.3 is 10.6 Å². The Kier molecular flexibility index (Phi) is 7.28. The lowest BCUT2D eigenvalue weighted by Gasteiger charge is -2.32. The zero-order valence-electron chi connectivity index (χ0n) is 12.2. The number of nitrogens with zero attached hydrogens (tertiary/aromatic N) is 1. The van der Waals surface area contributed by atoms with Crippen LogP contribution in [0.1, 0.15) is 46.5 Å². The highest BCUT2D eigenvalue weighted by Gasteiger charge is 2.21. The van der Waals surface area contributed by atoms with Crippen LogP contribution in [0.2, 0.25) is 0 Å². The van der Waals surface area contributed by atoms with Crippen molar-refractivity contribution in [3.8, 4) is 0 Å². The summed E-state index contributed by atoms with van der Waals surface area (Å²) < 4.78 is 0. The van der Waals surface area contributed by atoms with Gasteiger partial charge in [-0.2, -0.15) is 0 Å². The van der Waals surface area contributed by atoms with Crippen LogP contribution < -0.4 is 10.6 Å². The third-order valence-electron chi connectivity index (χ3n) is 3.49. The van der Waals surface area contributed by atoms with Gasteiger partial charge in [0.15, 0.2) is 0 Å². The lowest BCUT2D eigenvalue weighted by atomic mass is 10.1. The number of carbonyl (C=O) groups is 1. The van der Waals surface area contributed by atoms with E-state index in [1.54, 1.807) is 0 Å². The molecular weight excluding hydrogens is 226 g/mol. The quantitative estimate of drug-likeness (QED) is 0.722. The van der Waals surface area contributed by atoms with Crippen molar-refractivity contribution < 1.29 is 4.79 Å². The van der Waals surface area contributed by atoms with Gasteiger partial charge in [-0.25, -0.2) is 0 Å². The fourth-order valence-electron chi connectivity index (χ4n) is 2.68. The highest BCUT2D eigenvalue weighted by atomic mass is 16.2. The van der Waals surface area contributed by atoms with Crippen molar-refractivity contribution in [1.82, 2.24) is 15.5 Å². The molecule has 2 atom stereocenters. The molecule has 1 rings (SSSR count). The summed E-state index contributed by atoms with van der Waals surface area (Å²) in [6.07, 6.45) is 4.60. The molecule has 4 nitrogen and oxygen atoms in total. The van der Waals surface area contributed by atoms with Gasteiger partial charge in [-0.05, 0) is 39.3 Å². The van der Waals surface area contributed by atoms with Gasteiger partial charge in [0.1, 0.15) is 0 Å². The molecule has 1 aliphatic heterocycles. The predicted octanol–water partition coefficient (Wildman–Crippen LogP) is 1.37. The van der Waals surface area contributed by atoms with Gasteiger partial charge in [0.2, 0.25) is 5.91 Å². The number of rotatable bonds is 7. The summed E-state index contributed by atoms with van der Waals surface area (Å²) in [6, 6.07) is 0.862. The topological polar surface area (TPSA) is 44.4 Å². The maximum atomic E-state index is 11.9. The van der Waals surface area contributed by atoms with Gasteiger partial charge in [-0.1, -0.05) is 20.3 Å². The normalized spacial score (nSPS) is 22.7. The Morgan fingerprint density at radius 2 is 2.22 bits per heavy atom. The number of piperidine rings is 1. The molecule has 1 heterocycles. The van der Waals surface area contributed by atoms with Gasteiger partial charge in [-0.15, -0.1) is 0 Å². The molecule has 0 aromatic heterocycles. The second kappa shape index (κ2) is 8.48. The van der Waals surface area contributed by atoms with Crippen LogP contribution in [-0.2, 0) is 4.79 Å². The molecule has 1 amide bonds. The van der Waals surface area contributed by atoms with Crippen molar-refractivity contribution >= 4 is 5.91 Å². The molecule has 0 radical (unpaired) electrons. The zero-order chi connectivity index (χ0) is 13.4. The van der Waals surface area contributed by atoms with Crippen molar-refractivity contribution in [3.63, 3.8) is 0 Å². The lowest BCUT2D eigenvalue weighted by Crippen LogP contribution is -2.49. The second-order valence-electron chi connectivity index (χ2n) is 5.39. The number of hydrogen-bond acceptors (Lipinski definition) is 3. The zero-order valence-corrected chi connectivity index (χ0v) is 12.2. The number of amides is 1. The fraction of sp³-hybridized carbons (Fsp3) is 0.929. The Labute approximate surface area is 111 Å². The van der Waals surface area contributed by atoms with Crippen molar-refractivity contribution in [2.75, 3.05) is 26.2 Å². The van der Waals surface area contributed by atoms with Crippen LogP contribution >= 0.6 is 0 Å². The molecule has 1 saturated heterocycles. The van der Waals surface area contributed by atoms with E-state index in [4.69, 9.17) is 0 Å². The van der Waals surface area contributed by atoms with Crippen molar-refractivity contribution in [2.24, 2.45) is 0 Å². The van der Waals surface area contributed by atoms with Crippen LogP contribution in [0.4, 0.5) is 0 Å². The molecule has 0 bridgehead atoms. The first kappa shape index (κ1) is 15.4. The van der Waals surface area contributed by atoms with Crippen LogP contribution in [0, 0.1) is 0 Å². The first-order chi connectivity index (χ1) is 8.65. The van der Waals surface area contributed by atoms with Crippen molar-refractivity contribution in [2.45, 2.75) is 58.5 Å². The summed E-state index contributed by atoms with van der Waals surface area (Å²) in [5.74, 6) is 0.174. The maximum Gasteiger partial charge on any atom is 0.234 e. The lowest BCUT2D eigenvalue weighted by molar-refractivity contribution is -0.123. The molecular formula is C14H29N3O. The highest BCUT2D eigenvalue weighted by molar-refractivity contribution is 5.78. The number of likely N-dealkylation sites (tertiary alicyclic amines) is 1. The van der Waals surface area contributed by atoms with Crippen LogP contribution in [0.3, 0.4) is 0 Å². The highest BCUT2D eigenvalue weighted by Crippen LogP contribution is 2.09. The van der Waals surface area contributed by atoms with E-state index in [1.165, 1.54) is 12.8 Å². The maximum absolute atomic E-state index is 11.9. The van der Waals surface area contributed by atoms with E-state index in [0.717, 1.165) is 32.5 Å². The predicted molar refractivity (Wildman–Crippen MR) is 75.7 cm³/mol. The summed E-state index contributed by atoms with van der Waals surface area (Å²) in [7, 11) is 0. The summed E-state index contributed by atoms with van der Waals surface area (Å²) in [4.78, 5) is 14.2. The minimum absolute atomic E-state index is 0.174. The largest absolute Gasteiger partial charge is 0.353 e. The monoisotopic (exact) mass is 255 g/mol. The van der Waals surface area contributed by atoms with E-state index < -0.39 is 0 Å². The Balaban J connectivity index is 2.26. The Bertz CT molecular complexity index is 243. The fourth-order valence-corrected chi connectivity index (χ4v) is 2.68. The molecule has 0 saturated carbocycles. The molecule has 0 spiro atoms. The molecule has 1 aliphatic rings. The summed E-state index contributed by atoms with van der Waals surface area (Å²) in [5.41, 5.74) is 0. The minimum atomic E-state index is 0.174. The first-order valence-electron chi connectivity index (χ1n) is 7.40. The molecule has 106 valence electrons. The van der Waals surface area contributed by atoms with Gasteiger partial charge in [0.25, 0.3) is 0 Å². The van der Waals surface area contributed by atoms with E-state index in [9.17, 15) is 4.79 Å². The van der Waals surface area contributed by atoms with Crippen LogP contribution in [-0.4, -0.2) is 49.1 Å². The molecule has 2 N–H and O–H groups in total. The Morgan fingerprint density at radius 1 is 1.44 bits per heavy atom. The summed E-state index contributed by atoms with van der Waals surface area (Å²) in [6.45, 7) is 9.99. The summed E-state index contributed by atoms with van der Waals surface area (Å²) in [5, 5.41) is 6.55. The first-order valence-corrected chi connectivity index (χ1v) is 7.40. The van der Waals surface area contributed by atoms with E-state index in [0.29, 0.717) is 18.6 Å². The standard InChI is InChI=1S/C14H29N3O/c1-4-7-12(3)16-14(18)11-17-9-6-8-13(10-17)15-5-2/h12-13,15H,4-11H2,1-3H3,(H,16,18). The molecule has 0 aromatic rings. The molecule has 0 aliphatic carbocycles. The molecule has 4 heteroatoms. The number of carbonyl (C=O) groups excluding carboxylic acids is 1. The third kappa shape index (κ3) is 5.83. The molecule has 2 unspecified atom stereocenters. The third-order valence-corrected chi connectivity index (χ3v) is 3.49. The van der Waals surface area contributed by atoms with Gasteiger partial charge in [-0.3, -0.25) is 9.69 Å². The average Bonchev–Trinajstić information content (AvgIpc) is 2.29. The minimum Gasteiger partial charge on any atom is -0.353 e. The van der Waals surface area contributed by atoms with Crippen molar-refractivity contribution in [3.05, 3.63) is 0 Å². The molecule has 0 aromatic carbocycles. The van der Waals surface area contributed by atoms with E-state index >= 15 is 0 Å². The van der Waals surface area contributed by atoms with Crippen LogP contribution in [0.15, 0.2) is 0 Å². The Hall–Kier alpha value is -0.610. The van der Waals surface area contributed by atoms with E-state index in [-0.39, 0.29) is 5.91 Å². The second-order valence-corrected chi connectivity index (χ2v) is 5.39. The van der Waals surface area contributed by atoms with Gasteiger partial charge in [0.05, 0.1) is 6.54 Å². The van der Waals surface area contributed by atoms with E-state index in [2.05, 4.69) is 36.3 Å². The van der Waals surface area contributed by atoms with Crippen LogP contribution in [0.5, 0.6) is 0 Å². The smallest absolute Gasteiger partial charge is 0.234 e. The van der Waals surface area contributed by atoms with Gasteiger partial charge in [0, 0.05) is 18.6 Å². The summed E-state index contributed by atoms with van der Waals surface area (Å²) >= 11 is 0. The van der Waals surface area contributed by atoms with Gasteiger partial charge >= 0.3 is 0 Å². The van der Waals surface area contributed by atoms with Crippen molar-refractivity contribution in [1.29, 1.82) is 0 Å². The Morgan fingerprint density at radius 3 is 2.89 bits per heavy atom. The average molecular weight is 255 g/mol. The number of hydrogen-bond donors (Lipinski definition) is 2. The number of likely N-dealkylation sites (N-methyl/N-ethyl adjacent to an activating group) is 1. The number of nitrogens with one attached hydrogen (secondary N) is 2.